The van der Waals surface area contributed by atoms with Crippen molar-refractivity contribution < 1.29 is 14.1 Å². The zero-order valence-corrected chi connectivity index (χ0v) is 15.2. The van der Waals surface area contributed by atoms with E-state index in [0.29, 0.717) is 11.7 Å². The molecule has 0 unspecified atom stereocenters. The van der Waals surface area contributed by atoms with Gasteiger partial charge in [-0.25, -0.2) is 4.98 Å². The topological polar surface area (TPSA) is 71.7 Å². The Morgan fingerprint density at radius 3 is 2.80 bits per heavy atom. The zero-order chi connectivity index (χ0) is 17.8. The quantitative estimate of drug-likeness (QED) is 0.645. The summed E-state index contributed by atoms with van der Waals surface area (Å²) in [6, 6.07) is 7.25. The minimum Gasteiger partial charge on any atom is -0.497 e. The van der Waals surface area contributed by atoms with E-state index < -0.39 is 0 Å². The van der Waals surface area contributed by atoms with Gasteiger partial charge in [-0.1, -0.05) is 16.5 Å². The molecule has 0 atom stereocenters. The lowest BCUT2D eigenvalue weighted by molar-refractivity contribution is 0.0950. The highest BCUT2D eigenvalue weighted by Gasteiger charge is 2.23. The Balaban J connectivity index is 1.91. The summed E-state index contributed by atoms with van der Waals surface area (Å²) in [6.07, 6.45) is 2.29. The summed E-state index contributed by atoms with van der Waals surface area (Å²) in [7, 11) is 5.64. The van der Waals surface area contributed by atoms with Crippen LogP contribution >= 0.6 is 11.3 Å². The van der Waals surface area contributed by atoms with E-state index >= 15 is 0 Å². The molecule has 0 saturated carbocycles. The molecule has 0 fully saturated rings. The Morgan fingerprint density at radius 2 is 2.12 bits per heavy atom. The van der Waals surface area contributed by atoms with Crippen molar-refractivity contribution in [1.29, 1.82) is 0 Å². The first kappa shape index (κ1) is 17.4. The number of anilines is 1. The van der Waals surface area contributed by atoms with Crippen molar-refractivity contribution in [2.75, 3.05) is 39.2 Å². The van der Waals surface area contributed by atoms with Crippen LogP contribution in [0.15, 0.2) is 35.0 Å². The Bertz CT molecular complexity index is 845. The molecule has 3 aromatic rings. The van der Waals surface area contributed by atoms with Crippen LogP contribution in [-0.4, -0.2) is 55.2 Å². The summed E-state index contributed by atoms with van der Waals surface area (Å²) in [4.78, 5) is 21.1. The van der Waals surface area contributed by atoms with Crippen LogP contribution in [0.4, 0.5) is 5.13 Å². The Labute approximate surface area is 149 Å². The van der Waals surface area contributed by atoms with Gasteiger partial charge >= 0.3 is 0 Å². The number of carbonyl (C=O) groups excluding carboxylic acids is 1. The van der Waals surface area contributed by atoms with Gasteiger partial charge in [0.25, 0.3) is 5.91 Å². The second kappa shape index (κ2) is 7.62. The minimum atomic E-state index is -0.234. The molecule has 0 saturated heterocycles. The lowest BCUT2D eigenvalue weighted by atomic mass is 10.3. The number of hydrogen-bond donors (Lipinski definition) is 0. The number of rotatable bonds is 7. The number of aromatic nitrogens is 2. The van der Waals surface area contributed by atoms with Crippen LogP contribution < -0.4 is 9.64 Å². The van der Waals surface area contributed by atoms with Crippen molar-refractivity contribution in [1.82, 2.24) is 15.0 Å². The van der Waals surface area contributed by atoms with Gasteiger partial charge in [0.2, 0.25) is 5.76 Å². The van der Waals surface area contributed by atoms with Gasteiger partial charge < -0.3 is 14.2 Å². The molecule has 0 aliphatic rings. The van der Waals surface area contributed by atoms with Crippen LogP contribution in [0.3, 0.4) is 0 Å². The smallest absolute Gasteiger partial charge is 0.298 e. The van der Waals surface area contributed by atoms with Crippen molar-refractivity contribution >= 4 is 32.6 Å². The summed E-state index contributed by atoms with van der Waals surface area (Å²) in [6.45, 7) is 1.42. The number of methoxy groups -OCH3 is 1. The maximum absolute atomic E-state index is 12.8. The molecule has 0 bridgehead atoms. The number of hydrogen-bond acceptors (Lipinski definition) is 7. The third kappa shape index (κ3) is 3.97. The van der Waals surface area contributed by atoms with Gasteiger partial charge in [0, 0.05) is 12.6 Å². The largest absolute Gasteiger partial charge is 0.497 e. The molecule has 0 aliphatic heterocycles. The second-order valence-corrected chi connectivity index (χ2v) is 6.83. The highest BCUT2D eigenvalue weighted by atomic mass is 32.1. The van der Waals surface area contributed by atoms with E-state index in [4.69, 9.17) is 9.26 Å². The van der Waals surface area contributed by atoms with E-state index in [1.54, 1.807) is 18.1 Å². The molecule has 1 amide bonds. The third-order valence-electron chi connectivity index (χ3n) is 3.70. The van der Waals surface area contributed by atoms with Crippen molar-refractivity contribution in [3.8, 4) is 5.75 Å². The van der Waals surface area contributed by atoms with Crippen LogP contribution in [0.5, 0.6) is 5.75 Å². The summed E-state index contributed by atoms with van der Waals surface area (Å²) < 4.78 is 11.3. The number of fused-ring (bicyclic) bond motifs is 1. The SMILES string of the molecule is COc1ccc2nc(N(CCCN(C)C)C(=O)c3ccno3)sc2c1. The standard InChI is InChI=1S/C17H20N4O3S/c1-20(2)9-4-10-21(16(22)14-7-8-18-24-14)17-19-13-6-5-12(23-3)11-15(13)25-17/h5-8,11H,4,9-10H2,1-3H3. The average molecular weight is 360 g/mol. The van der Waals surface area contributed by atoms with Crippen LogP contribution in [0.1, 0.15) is 17.0 Å². The zero-order valence-electron chi connectivity index (χ0n) is 14.4. The maximum atomic E-state index is 12.8. The number of benzene rings is 1. The van der Waals surface area contributed by atoms with Crippen molar-refractivity contribution in [3.63, 3.8) is 0 Å². The van der Waals surface area contributed by atoms with E-state index in [2.05, 4.69) is 15.0 Å². The van der Waals surface area contributed by atoms with Crippen LogP contribution in [-0.2, 0) is 0 Å². The molecule has 3 rings (SSSR count). The Hall–Kier alpha value is -2.45. The number of nitrogens with zero attached hydrogens (tertiary/aromatic N) is 4. The van der Waals surface area contributed by atoms with Gasteiger partial charge in [0.1, 0.15) is 5.75 Å². The van der Waals surface area contributed by atoms with Crippen molar-refractivity contribution in [3.05, 3.63) is 36.2 Å². The number of thiazole rings is 1. The first-order valence-electron chi connectivity index (χ1n) is 7.90. The fourth-order valence-electron chi connectivity index (χ4n) is 2.42. The molecule has 0 radical (unpaired) electrons. The highest BCUT2D eigenvalue weighted by molar-refractivity contribution is 7.22. The Kier molecular flexibility index (Phi) is 5.30. The molecule has 132 valence electrons. The monoisotopic (exact) mass is 360 g/mol. The second-order valence-electron chi connectivity index (χ2n) is 5.82. The molecule has 0 spiro atoms. The normalized spacial score (nSPS) is 11.2. The molecule has 25 heavy (non-hydrogen) atoms. The summed E-state index contributed by atoms with van der Waals surface area (Å²) in [5, 5.41) is 4.27. The lowest BCUT2D eigenvalue weighted by Gasteiger charge is -2.19. The van der Waals surface area contributed by atoms with E-state index in [9.17, 15) is 4.79 Å². The van der Waals surface area contributed by atoms with Gasteiger partial charge in [-0.15, -0.1) is 0 Å². The van der Waals surface area contributed by atoms with Gasteiger partial charge in [0.15, 0.2) is 5.13 Å². The molecule has 8 heteroatoms. The summed E-state index contributed by atoms with van der Waals surface area (Å²) in [5.41, 5.74) is 0.837. The third-order valence-corrected chi connectivity index (χ3v) is 4.74. The lowest BCUT2D eigenvalue weighted by Crippen LogP contribution is -2.33. The van der Waals surface area contributed by atoms with Crippen molar-refractivity contribution in [2.45, 2.75) is 6.42 Å². The average Bonchev–Trinajstić information content (AvgIpc) is 3.26. The van der Waals surface area contributed by atoms with Gasteiger partial charge in [-0.3, -0.25) is 9.69 Å². The summed E-state index contributed by atoms with van der Waals surface area (Å²) >= 11 is 1.46. The molecule has 2 heterocycles. The van der Waals surface area contributed by atoms with E-state index in [1.165, 1.54) is 17.5 Å². The first-order chi connectivity index (χ1) is 12.1. The van der Waals surface area contributed by atoms with Crippen LogP contribution in [0.25, 0.3) is 10.2 Å². The predicted molar refractivity (Wildman–Crippen MR) is 97.5 cm³/mol. The molecular weight excluding hydrogens is 340 g/mol. The van der Waals surface area contributed by atoms with Gasteiger partial charge in [-0.2, -0.15) is 0 Å². The molecule has 0 N–H and O–H groups in total. The minimum absolute atomic E-state index is 0.210. The van der Waals surface area contributed by atoms with Crippen molar-refractivity contribution in [2.24, 2.45) is 0 Å². The maximum Gasteiger partial charge on any atom is 0.298 e. The number of amides is 1. The van der Waals surface area contributed by atoms with E-state index in [0.717, 1.165) is 28.9 Å². The highest BCUT2D eigenvalue weighted by Crippen LogP contribution is 2.32. The fraction of sp³-hybridized carbons (Fsp3) is 0.353. The number of ether oxygens (including phenoxy) is 1. The van der Waals surface area contributed by atoms with E-state index in [1.807, 2.05) is 32.3 Å². The summed E-state index contributed by atoms with van der Waals surface area (Å²) in [5.74, 6) is 0.743. The first-order valence-corrected chi connectivity index (χ1v) is 8.72. The molecule has 2 aromatic heterocycles. The predicted octanol–water partition coefficient (Wildman–Crippen LogP) is 2.89. The van der Waals surface area contributed by atoms with Gasteiger partial charge in [0.05, 0.1) is 23.5 Å². The molecular formula is C17H20N4O3S. The van der Waals surface area contributed by atoms with E-state index in [-0.39, 0.29) is 11.7 Å². The van der Waals surface area contributed by atoms with Crippen LogP contribution in [0, 0.1) is 0 Å². The molecule has 1 aromatic carbocycles. The van der Waals surface area contributed by atoms with Gasteiger partial charge in [-0.05, 0) is 45.3 Å². The van der Waals surface area contributed by atoms with Crippen LogP contribution in [0.2, 0.25) is 0 Å². The number of carbonyl (C=O) groups is 1. The Morgan fingerprint density at radius 1 is 1.28 bits per heavy atom. The molecule has 7 nitrogen and oxygen atoms in total. The molecule has 0 aliphatic carbocycles. The fourth-order valence-corrected chi connectivity index (χ4v) is 3.44.